The minimum absolute atomic E-state index is 0.474. The Morgan fingerprint density at radius 1 is 1.29 bits per heavy atom. The summed E-state index contributed by atoms with van der Waals surface area (Å²) < 4.78 is 8.34. The monoisotopic (exact) mass is 293 g/mol. The second kappa shape index (κ2) is 4.25. The van der Waals surface area contributed by atoms with Crippen LogP contribution in [0.25, 0.3) is 5.69 Å². The molecule has 0 aliphatic carbocycles. The number of nitrogens with zero attached hydrogens (tertiary/aromatic N) is 2. The third-order valence-electron chi connectivity index (χ3n) is 2.92. The van der Waals surface area contributed by atoms with E-state index in [0.717, 1.165) is 27.1 Å². The summed E-state index contributed by atoms with van der Waals surface area (Å²) in [7, 11) is 0. The fraction of sp³-hybridized carbons (Fsp3) is 0.250. The standard InChI is InChI=1S/C12H12BrN3O/c13-8-1-3-9(4-2-8)16-12(5-14)10-6-17-7-11(10)15-16/h1-4H,5-7,14H2. The third kappa shape index (κ3) is 1.80. The lowest BCUT2D eigenvalue weighted by atomic mass is 10.2. The Hall–Kier alpha value is -1.17. The van der Waals surface area contributed by atoms with Gasteiger partial charge in [0.1, 0.15) is 0 Å². The van der Waals surface area contributed by atoms with Crippen molar-refractivity contribution >= 4 is 15.9 Å². The summed E-state index contributed by atoms with van der Waals surface area (Å²) in [6.45, 7) is 1.69. The predicted octanol–water partition coefficient (Wildman–Crippen LogP) is 2.12. The molecule has 0 fully saturated rings. The van der Waals surface area contributed by atoms with Gasteiger partial charge in [0.2, 0.25) is 0 Å². The van der Waals surface area contributed by atoms with Crippen LogP contribution in [-0.2, 0) is 24.5 Å². The predicted molar refractivity (Wildman–Crippen MR) is 67.6 cm³/mol. The molecule has 17 heavy (non-hydrogen) atoms. The highest BCUT2D eigenvalue weighted by atomic mass is 79.9. The highest BCUT2D eigenvalue weighted by molar-refractivity contribution is 9.10. The van der Waals surface area contributed by atoms with E-state index in [4.69, 9.17) is 10.5 Å². The van der Waals surface area contributed by atoms with E-state index in [1.165, 1.54) is 0 Å². The summed E-state index contributed by atoms with van der Waals surface area (Å²) >= 11 is 3.42. The van der Waals surface area contributed by atoms with E-state index >= 15 is 0 Å². The topological polar surface area (TPSA) is 53.1 Å². The molecule has 2 aromatic rings. The SMILES string of the molecule is NCc1c2c(nn1-c1ccc(Br)cc1)COC2. The molecule has 2 N–H and O–H groups in total. The Bertz CT molecular complexity index is 548. The Kier molecular flexibility index (Phi) is 2.74. The third-order valence-corrected chi connectivity index (χ3v) is 3.45. The van der Waals surface area contributed by atoms with Gasteiger partial charge in [0.25, 0.3) is 0 Å². The van der Waals surface area contributed by atoms with E-state index in [1.807, 2.05) is 28.9 Å². The summed E-state index contributed by atoms with van der Waals surface area (Å²) in [5, 5.41) is 4.56. The van der Waals surface area contributed by atoms with E-state index < -0.39 is 0 Å². The van der Waals surface area contributed by atoms with Gasteiger partial charge in [-0.25, -0.2) is 4.68 Å². The molecule has 0 spiro atoms. The van der Waals surface area contributed by atoms with Crippen molar-refractivity contribution < 1.29 is 4.74 Å². The van der Waals surface area contributed by atoms with Crippen LogP contribution < -0.4 is 5.73 Å². The van der Waals surface area contributed by atoms with Crippen LogP contribution in [0.15, 0.2) is 28.7 Å². The first-order valence-electron chi connectivity index (χ1n) is 5.43. The van der Waals surface area contributed by atoms with Crippen LogP contribution in [0.3, 0.4) is 0 Å². The molecule has 0 amide bonds. The number of hydrogen-bond donors (Lipinski definition) is 1. The molecule has 88 valence electrons. The van der Waals surface area contributed by atoms with E-state index in [-0.39, 0.29) is 0 Å². The zero-order valence-corrected chi connectivity index (χ0v) is 10.8. The molecule has 1 aliphatic heterocycles. The second-order valence-corrected chi connectivity index (χ2v) is 4.87. The molecule has 1 aromatic heterocycles. The van der Waals surface area contributed by atoms with Crippen molar-refractivity contribution in [3.8, 4) is 5.69 Å². The molecular formula is C12H12BrN3O. The number of fused-ring (bicyclic) bond motifs is 1. The smallest absolute Gasteiger partial charge is 0.0945 e. The lowest BCUT2D eigenvalue weighted by molar-refractivity contribution is 0.130. The molecule has 1 aliphatic rings. The number of nitrogens with two attached hydrogens (primary N) is 1. The number of aromatic nitrogens is 2. The van der Waals surface area contributed by atoms with Crippen molar-refractivity contribution in [2.24, 2.45) is 5.73 Å². The van der Waals surface area contributed by atoms with Gasteiger partial charge in [0.15, 0.2) is 0 Å². The van der Waals surface area contributed by atoms with E-state index in [0.29, 0.717) is 19.8 Å². The second-order valence-electron chi connectivity index (χ2n) is 3.96. The van der Waals surface area contributed by atoms with Crippen LogP contribution in [-0.4, -0.2) is 9.78 Å². The Balaban J connectivity index is 2.11. The fourth-order valence-electron chi connectivity index (χ4n) is 2.07. The number of halogens is 1. The Morgan fingerprint density at radius 3 is 2.76 bits per heavy atom. The first-order valence-corrected chi connectivity index (χ1v) is 6.22. The molecule has 0 radical (unpaired) electrons. The molecule has 1 aromatic carbocycles. The maximum Gasteiger partial charge on any atom is 0.0945 e. The first-order chi connectivity index (χ1) is 8.29. The fourth-order valence-corrected chi connectivity index (χ4v) is 2.34. The number of hydrogen-bond acceptors (Lipinski definition) is 3. The van der Waals surface area contributed by atoms with Gasteiger partial charge in [-0.3, -0.25) is 0 Å². The maximum absolute atomic E-state index is 5.81. The van der Waals surface area contributed by atoms with Gasteiger partial charge in [-0.1, -0.05) is 15.9 Å². The van der Waals surface area contributed by atoms with Gasteiger partial charge < -0.3 is 10.5 Å². The number of rotatable bonds is 2. The van der Waals surface area contributed by atoms with Crippen molar-refractivity contribution in [1.29, 1.82) is 0 Å². The molecular weight excluding hydrogens is 282 g/mol. The molecule has 4 nitrogen and oxygen atoms in total. The minimum Gasteiger partial charge on any atom is -0.370 e. The van der Waals surface area contributed by atoms with E-state index in [1.54, 1.807) is 0 Å². The quantitative estimate of drug-likeness (QED) is 0.923. The Morgan fingerprint density at radius 2 is 2.06 bits per heavy atom. The van der Waals surface area contributed by atoms with Crippen LogP contribution in [0, 0.1) is 0 Å². The molecule has 3 rings (SSSR count). The molecule has 2 heterocycles. The van der Waals surface area contributed by atoms with Crippen molar-refractivity contribution in [2.45, 2.75) is 19.8 Å². The summed E-state index contributed by atoms with van der Waals surface area (Å²) in [6.07, 6.45) is 0. The van der Waals surface area contributed by atoms with E-state index in [9.17, 15) is 0 Å². The average Bonchev–Trinajstić information content (AvgIpc) is 2.89. The van der Waals surface area contributed by atoms with Crippen LogP contribution >= 0.6 is 15.9 Å². The zero-order valence-electron chi connectivity index (χ0n) is 9.19. The van der Waals surface area contributed by atoms with Gasteiger partial charge in [-0.05, 0) is 24.3 Å². The lowest BCUT2D eigenvalue weighted by Crippen LogP contribution is -2.09. The van der Waals surface area contributed by atoms with Gasteiger partial charge in [-0.15, -0.1) is 0 Å². The molecule has 0 atom stereocenters. The van der Waals surface area contributed by atoms with Crippen molar-refractivity contribution in [3.63, 3.8) is 0 Å². The largest absolute Gasteiger partial charge is 0.370 e. The van der Waals surface area contributed by atoms with E-state index in [2.05, 4.69) is 21.0 Å². The van der Waals surface area contributed by atoms with Crippen molar-refractivity contribution in [2.75, 3.05) is 0 Å². The van der Waals surface area contributed by atoms with Crippen molar-refractivity contribution in [1.82, 2.24) is 9.78 Å². The van der Waals surface area contributed by atoms with Crippen LogP contribution in [0.4, 0.5) is 0 Å². The molecule has 0 saturated heterocycles. The summed E-state index contributed by atoms with van der Waals surface area (Å²) in [5.74, 6) is 0. The highest BCUT2D eigenvalue weighted by Crippen LogP contribution is 2.25. The lowest BCUT2D eigenvalue weighted by Gasteiger charge is -2.07. The number of ether oxygens (including phenoxy) is 1. The average molecular weight is 294 g/mol. The summed E-state index contributed by atoms with van der Waals surface area (Å²) in [4.78, 5) is 0. The molecule has 0 saturated carbocycles. The Labute approximate surface area is 108 Å². The van der Waals surface area contributed by atoms with Crippen LogP contribution in [0.5, 0.6) is 0 Å². The van der Waals surface area contributed by atoms with Crippen molar-refractivity contribution in [3.05, 3.63) is 45.7 Å². The van der Waals surface area contributed by atoms with Crippen LogP contribution in [0.1, 0.15) is 17.0 Å². The summed E-state index contributed by atoms with van der Waals surface area (Å²) in [5.41, 5.74) is 10.0. The first kappa shape index (κ1) is 11.0. The summed E-state index contributed by atoms with van der Waals surface area (Å²) in [6, 6.07) is 8.04. The van der Waals surface area contributed by atoms with Gasteiger partial charge >= 0.3 is 0 Å². The molecule has 0 bridgehead atoms. The molecule has 5 heteroatoms. The number of benzene rings is 1. The zero-order chi connectivity index (χ0) is 11.8. The van der Waals surface area contributed by atoms with Crippen LogP contribution in [0.2, 0.25) is 0 Å². The van der Waals surface area contributed by atoms with Gasteiger partial charge in [0, 0.05) is 16.6 Å². The molecule has 0 unspecified atom stereocenters. The highest BCUT2D eigenvalue weighted by Gasteiger charge is 2.22. The van der Waals surface area contributed by atoms with Gasteiger partial charge in [0.05, 0.1) is 30.3 Å². The van der Waals surface area contributed by atoms with Gasteiger partial charge in [-0.2, -0.15) is 5.10 Å². The maximum atomic E-state index is 5.81. The minimum atomic E-state index is 0.474. The normalized spacial score (nSPS) is 14.0.